The Labute approximate surface area is 182 Å². The number of anilines is 1. The van der Waals surface area contributed by atoms with E-state index in [2.05, 4.69) is 5.32 Å². The number of amides is 1. The highest BCUT2D eigenvalue weighted by Crippen LogP contribution is 2.31. The molecule has 0 aliphatic heterocycles. The lowest BCUT2D eigenvalue weighted by Crippen LogP contribution is -2.16. The number of halogens is 2. The molecule has 0 spiro atoms. The lowest BCUT2D eigenvalue weighted by atomic mass is 10.0. The van der Waals surface area contributed by atoms with Gasteiger partial charge in [-0.25, -0.2) is 4.79 Å². The van der Waals surface area contributed by atoms with Crippen molar-refractivity contribution in [2.45, 2.75) is 33.6 Å². The van der Waals surface area contributed by atoms with Gasteiger partial charge in [-0.3, -0.25) is 4.79 Å². The number of carbonyl (C=O) groups is 1. The zero-order valence-corrected chi connectivity index (χ0v) is 18.2. The summed E-state index contributed by atoms with van der Waals surface area (Å²) < 4.78 is 11.3. The summed E-state index contributed by atoms with van der Waals surface area (Å²) >= 11 is 12.0. The van der Waals surface area contributed by atoms with Gasteiger partial charge in [-0.2, -0.15) is 0 Å². The molecule has 0 aliphatic rings. The molecule has 7 heteroatoms. The van der Waals surface area contributed by atoms with Gasteiger partial charge in [-0.1, -0.05) is 23.2 Å². The van der Waals surface area contributed by atoms with Crippen LogP contribution in [0.3, 0.4) is 0 Å². The highest BCUT2D eigenvalue weighted by atomic mass is 35.5. The fourth-order valence-electron chi connectivity index (χ4n) is 3.56. The van der Waals surface area contributed by atoms with Crippen LogP contribution < -0.4 is 10.9 Å². The molecule has 0 saturated heterocycles. The third-order valence-corrected chi connectivity index (χ3v) is 5.94. The minimum absolute atomic E-state index is 0.113. The van der Waals surface area contributed by atoms with Crippen LogP contribution in [0.2, 0.25) is 10.0 Å². The van der Waals surface area contributed by atoms with Crippen LogP contribution in [-0.4, -0.2) is 5.91 Å². The summed E-state index contributed by atoms with van der Waals surface area (Å²) in [6.07, 6.45) is 0.366. The molecule has 2 aromatic heterocycles. The molecular formula is C23H19Cl2NO4. The summed E-state index contributed by atoms with van der Waals surface area (Å²) in [5.74, 6) is 0.577. The topological polar surface area (TPSA) is 72.5 Å². The predicted octanol–water partition coefficient (Wildman–Crippen LogP) is 6.34. The van der Waals surface area contributed by atoms with Gasteiger partial charge in [0.25, 0.3) is 0 Å². The first kappa shape index (κ1) is 20.5. The number of rotatable bonds is 4. The van der Waals surface area contributed by atoms with Crippen LogP contribution >= 0.6 is 23.2 Å². The molecular weight excluding hydrogens is 425 g/mol. The molecule has 4 aromatic rings. The second kappa shape index (κ2) is 7.82. The van der Waals surface area contributed by atoms with E-state index in [9.17, 15) is 9.59 Å². The Hall–Kier alpha value is -2.76. The maximum Gasteiger partial charge on any atom is 0.339 e. The third kappa shape index (κ3) is 3.71. The van der Waals surface area contributed by atoms with Crippen molar-refractivity contribution >= 4 is 56.7 Å². The molecule has 0 radical (unpaired) electrons. The second-order valence-electron chi connectivity index (χ2n) is 7.29. The molecule has 0 atom stereocenters. The van der Waals surface area contributed by atoms with Crippen molar-refractivity contribution in [1.29, 1.82) is 0 Å². The summed E-state index contributed by atoms with van der Waals surface area (Å²) in [4.78, 5) is 24.9. The van der Waals surface area contributed by atoms with E-state index < -0.39 is 5.63 Å². The minimum atomic E-state index is -0.448. The van der Waals surface area contributed by atoms with Crippen molar-refractivity contribution in [3.05, 3.63) is 73.2 Å². The number of aryl methyl sites for hydroxylation is 3. The van der Waals surface area contributed by atoms with E-state index >= 15 is 0 Å². The van der Waals surface area contributed by atoms with Crippen LogP contribution in [-0.2, 0) is 11.2 Å². The van der Waals surface area contributed by atoms with Crippen LogP contribution in [0.15, 0.2) is 44.0 Å². The number of hydrogen-bond acceptors (Lipinski definition) is 4. The molecule has 2 heterocycles. The Kier molecular flexibility index (Phi) is 5.35. The van der Waals surface area contributed by atoms with Crippen molar-refractivity contribution in [3.63, 3.8) is 0 Å². The minimum Gasteiger partial charge on any atom is -0.461 e. The molecule has 2 aromatic carbocycles. The highest BCUT2D eigenvalue weighted by Gasteiger charge is 2.16. The SMILES string of the molecule is Cc1oc2cc3oc(=O)c(CCC(=O)Nc4ccc(Cl)cc4Cl)c(C)c3cc2c1C. The van der Waals surface area contributed by atoms with Gasteiger partial charge < -0.3 is 14.2 Å². The summed E-state index contributed by atoms with van der Waals surface area (Å²) in [5.41, 5.74) is 3.53. The molecule has 0 unspecified atom stereocenters. The molecule has 1 amide bonds. The van der Waals surface area contributed by atoms with Crippen molar-refractivity contribution in [2.75, 3.05) is 5.32 Å². The Morgan fingerprint density at radius 2 is 1.67 bits per heavy atom. The molecule has 0 saturated carbocycles. The normalized spacial score (nSPS) is 11.4. The van der Waals surface area contributed by atoms with Crippen molar-refractivity contribution in [1.82, 2.24) is 0 Å². The molecule has 5 nitrogen and oxygen atoms in total. The molecule has 4 rings (SSSR count). The Morgan fingerprint density at radius 3 is 2.40 bits per heavy atom. The van der Waals surface area contributed by atoms with Crippen LogP contribution in [0.5, 0.6) is 0 Å². The third-order valence-electron chi connectivity index (χ3n) is 5.39. The highest BCUT2D eigenvalue weighted by molar-refractivity contribution is 6.36. The van der Waals surface area contributed by atoms with Crippen LogP contribution in [0.25, 0.3) is 21.9 Å². The van der Waals surface area contributed by atoms with E-state index in [1.54, 1.807) is 24.3 Å². The fraction of sp³-hybridized carbons (Fsp3) is 0.217. The molecule has 0 aliphatic carbocycles. The fourth-order valence-corrected chi connectivity index (χ4v) is 4.01. The zero-order valence-electron chi connectivity index (χ0n) is 16.7. The van der Waals surface area contributed by atoms with E-state index in [0.717, 1.165) is 27.7 Å². The number of furan rings is 1. The smallest absolute Gasteiger partial charge is 0.339 e. The predicted molar refractivity (Wildman–Crippen MR) is 120 cm³/mol. The van der Waals surface area contributed by atoms with Crippen molar-refractivity contribution < 1.29 is 13.6 Å². The Morgan fingerprint density at radius 1 is 0.967 bits per heavy atom. The average Bonchev–Trinajstić information content (AvgIpc) is 2.96. The Balaban J connectivity index is 1.62. The first-order valence-electron chi connectivity index (χ1n) is 9.45. The Bertz CT molecular complexity index is 1370. The molecule has 0 fully saturated rings. The van der Waals surface area contributed by atoms with Gasteiger partial charge in [0.05, 0.1) is 10.7 Å². The summed E-state index contributed by atoms with van der Waals surface area (Å²) in [7, 11) is 0. The maximum absolute atomic E-state index is 12.6. The van der Waals surface area contributed by atoms with Gasteiger partial charge in [0.2, 0.25) is 5.91 Å². The van der Waals surface area contributed by atoms with Crippen LogP contribution in [0, 0.1) is 20.8 Å². The van der Waals surface area contributed by atoms with Crippen LogP contribution in [0.4, 0.5) is 5.69 Å². The van der Waals surface area contributed by atoms with Gasteiger partial charge >= 0.3 is 5.63 Å². The molecule has 154 valence electrons. The largest absolute Gasteiger partial charge is 0.461 e. The monoisotopic (exact) mass is 443 g/mol. The number of nitrogens with one attached hydrogen (secondary N) is 1. The number of benzene rings is 2. The van der Waals surface area contributed by atoms with Gasteiger partial charge in [0.1, 0.15) is 16.9 Å². The first-order chi connectivity index (χ1) is 14.2. The maximum atomic E-state index is 12.6. The van der Waals surface area contributed by atoms with Gasteiger partial charge in [-0.15, -0.1) is 0 Å². The van der Waals surface area contributed by atoms with Crippen molar-refractivity contribution in [3.8, 4) is 0 Å². The number of hydrogen-bond donors (Lipinski definition) is 1. The lowest BCUT2D eigenvalue weighted by molar-refractivity contribution is -0.116. The van der Waals surface area contributed by atoms with Crippen molar-refractivity contribution in [2.24, 2.45) is 0 Å². The van der Waals surface area contributed by atoms with E-state index in [-0.39, 0.29) is 18.7 Å². The van der Waals surface area contributed by atoms with E-state index in [4.69, 9.17) is 32.0 Å². The summed E-state index contributed by atoms with van der Waals surface area (Å²) in [5, 5.41) is 5.40. The number of carbonyl (C=O) groups excluding carboxylic acids is 1. The second-order valence-corrected chi connectivity index (χ2v) is 8.14. The quantitative estimate of drug-likeness (QED) is 0.373. The zero-order chi connectivity index (χ0) is 21.6. The van der Waals surface area contributed by atoms with Crippen LogP contribution in [0.1, 0.15) is 28.9 Å². The average molecular weight is 444 g/mol. The van der Waals surface area contributed by atoms with Gasteiger partial charge in [-0.05, 0) is 62.6 Å². The van der Waals surface area contributed by atoms with E-state index in [0.29, 0.717) is 32.5 Å². The van der Waals surface area contributed by atoms with E-state index in [1.807, 2.05) is 26.8 Å². The standard InChI is InChI=1S/C23H19Cl2NO4/c1-11-13(3)29-20-10-21-17(9-16(11)20)12(2)15(23(28)30-21)5-7-22(27)26-19-6-4-14(24)8-18(19)25/h4,6,8-10H,5,7H2,1-3H3,(H,26,27). The molecule has 1 N–H and O–H groups in total. The molecule has 0 bridgehead atoms. The lowest BCUT2D eigenvalue weighted by Gasteiger charge is -2.09. The summed E-state index contributed by atoms with van der Waals surface area (Å²) in [6, 6.07) is 8.56. The molecule has 30 heavy (non-hydrogen) atoms. The number of fused-ring (bicyclic) bond motifs is 2. The van der Waals surface area contributed by atoms with Gasteiger partial charge in [0.15, 0.2) is 0 Å². The first-order valence-corrected chi connectivity index (χ1v) is 10.2. The van der Waals surface area contributed by atoms with E-state index in [1.165, 1.54) is 0 Å². The van der Waals surface area contributed by atoms with Gasteiger partial charge in [0, 0.05) is 33.8 Å². The summed E-state index contributed by atoms with van der Waals surface area (Å²) in [6.45, 7) is 5.77.